The summed E-state index contributed by atoms with van der Waals surface area (Å²) in [6, 6.07) is 7.32. The lowest BCUT2D eigenvalue weighted by Crippen LogP contribution is -2.37. The van der Waals surface area contributed by atoms with Gasteiger partial charge in [-0.25, -0.2) is 0 Å². The zero-order chi connectivity index (χ0) is 19.6. The molecule has 0 bridgehead atoms. The molecule has 0 unspecified atom stereocenters. The molecule has 1 aromatic carbocycles. The second kappa shape index (κ2) is 11.0. The molecule has 1 aromatic heterocycles. The summed E-state index contributed by atoms with van der Waals surface area (Å²) in [7, 11) is 1.74. The lowest BCUT2D eigenvalue weighted by molar-refractivity contribution is 0.0277. The van der Waals surface area contributed by atoms with Crippen LogP contribution >= 0.6 is 11.6 Å². The maximum Gasteiger partial charge on any atom is 0.246 e. The van der Waals surface area contributed by atoms with E-state index in [9.17, 15) is 0 Å². The van der Waals surface area contributed by atoms with E-state index in [-0.39, 0.29) is 0 Å². The summed E-state index contributed by atoms with van der Waals surface area (Å²) < 4.78 is 11.2. The third-order valence-electron chi connectivity index (χ3n) is 4.72. The Balaban J connectivity index is 1.35. The molecule has 28 heavy (non-hydrogen) atoms. The molecule has 3 rings (SSSR count). The fourth-order valence-corrected chi connectivity index (χ4v) is 3.31. The van der Waals surface area contributed by atoms with Crippen molar-refractivity contribution >= 4 is 17.6 Å². The predicted octanol–water partition coefficient (Wildman–Crippen LogP) is 3.79. The zero-order valence-electron chi connectivity index (χ0n) is 16.3. The van der Waals surface area contributed by atoms with Gasteiger partial charge in [0.25, 0.3) is 0 Å². The number of nitrogens with one attached hydrogen (secondary N) is 2. The van der Waals surface area contributed by atoms with Crippen molar-refractivity contribution in [3.8, 4) is 11.4 Å². The number of halogens is 1. The van der Waals surface area contributed by atoms with Gasteiger partial charge in [-0.1, -0.05) is 36.0 Å². The second-order valence-corrected chi connectivity index (χ2v) is 7.29. The Morgan fingerprint density at radius 1 is 1.21 bits per heavy atom. The van der Waals surface area contributed by atoms with Crippen molar-refractivity contribution in [3.63, 3.8) is 0 Å². The van der Waals surface area contributed by atoms with Crippen LogP contribution in [0.3, 0.4) is 0 Å². The van der Waals surface area contributed by atoms with E-state index in [1.54, 1.807) is 19.2 Å². The lowest BCUT2D eigenvalue weighted by Gasteiger charge is -2.22. The zero-order valence-corrected chi connectivity index (χ0v) is 17.0. The van der Waals surface area contributed by atoms with Crippen LogP contribution in [0, 0.1) is 0 Å². The summed E-state index contributed by atoms with van der Waals surface area (Å²) in [6.07, 6.45) is 7.77. The molecule has 0 spiro atoms. The van der Waals surface area contributed by atoms with Gasteiger partial charge in [0.05, 0.1) is 12.6 Å². The molecule has 0 atom stereocenters. The number of aromatic nitrogens is 2. The first-order valence-corrected chi connectivity index (χ1v) is 10.3. The number of benzene rings is 1. The van der Waals surface area contributed by atoms with Gasteiger partial charge in [0, 0.05) is 30.8 Å². The van der Waals surface area contributed by atoms with Crippen molar-refractivity contribution in [1.82, 2.24) is 20.8 Å². The van der Waals surface area contributed by atoms with Gasteiger partial charge in [0.15, 0.2) is 5.96 Å². The van der Waals surface area contributed by atoms with Crippen LogP contribution in [0.25, 0.3) is 11.4 Å². The average molecular weight is 406 g/mol. The minimum absolute atomic E-state index is 0.402. The van der Waals surface area contributed by atoms with Crippen LogP contribution in [-0.4, -0.2) is 42.4 Å². The minimum atomic E-state index is 0.402. The third kappa shape index (κ3) is 6.49. The Bertz CT molecular complexity index is 741. The van der Waals surface area contributed by atoms with Crippen molar-refractivity contribution in [2.45, 2.75) is 51.2 Å². The topological polar surface area (TPSA) is 84.6 Å². The molecule has 152 valence electrons. The molecule has 0 radical (unpaired) electrons. The fraction of sp³-hybridized carbons (Fsp3) is 0.550. The van der Waals surface area contributed by atoms with Gasteiger partial charge >= 0.3 is 0 Å². The smallest absolute Gasteiger partial charge is 0.246 e. The number of hydrogen-bond acceptors (Lipinski definition) is 5. The Morgan fingerprint density at radius 2 is 2.00 bits per heavy atom. The SMILES string of the molecule is CN=C(NCCCOC1CCCCC1)NCc1nc(-c2ccc(Cl)cc2)no1. The fourth-order valence-electron chi connectivity index (χ4n) is 3.18. The maximum atomic E-state index is 5.94. The summed E-state index contributed by atoms with van der Waals surface area (Å²) in [5.74, 6) is 1.73. The summed E-state index contributed by atoms with van der Waals surface area (Å²) in [4.78, 5) is 8.61. The van der Waals surface area contributed by atoms with Crippen LogP contribution in [0.5, 0.6) is 0 Å². The Hall–Kier alpha value is -2.12. The van der Waals surface area contributed by atoms with Crippen LogP contribution in [0.2, 0.25) is 5.02 Å². The molecular weight excluding hydrogens is 378 g/mol. The van der Waals surface area contributed by atoms with Crippen LogP contribution in [-0.2, 0) is 11.3 Å². The number of hydrogen-bond donors (Lipinski definition) is 2. The number of nitrogens with zero attached hydrogens (tertiary/aromatic N) is 3. The number of rotatable bonds is 8. The van der Waals surface area contributed by atoms with Gasteiger partial charge < -0.3 is 19.9 Å². The second-order valence-electron chi connectivity index (χ2n) is 6.86. The van der Waals surface area contributed by atoms with E-state index in [1.165, 1.54) is 32.1 Å². The molecule has 0 amide bonds. The first-order valence-electron chi connectivity index (χ1n) is 9.89. The molecule has 0 saturated heterocycles. The van der Waals surface area contributed by atoms with E-state index in [4.69, 9.17) is 20.9 Å². The minimum Gasteiger partial charge on any atom is -0.378 e. The molecule has 0 aliphatic heterocycles. The summed E-state index contributed by atoms with van der Waals surface area (Å²) in [5, 5.41) is 11.1. The highest BCUT2D eigenvalue weighted by Gasteiger charge is 2.13. The Morgan fingerprint density at radius 3 is 2.75 bits per heavy atom. The van der Waals surface area contributed by atoms with Crippen LogP contribution in [0.4, 0.5) is 0 Å². The van der Waals surface area contributed by atoms with Crippen LogP contribution in [0.15, 0.2) is 33.8 Å². The van der Waals surface area contributed by atoms with E-state index in [1.807, 2.05) is 12.1 Å². The summed E-state index contributed by atoms with van der Waals surface area (Å²) in [5.41, 5.74) is 0.861. The van der Waals surface area contributed by atoms with Gasteiger partial charge in [-0.3, -0.25) is 4.99 Å². The molecule has 8 heteroatoms. The third-order valence-corrected chi connectivity index (χ3v) is 4.97. The van der Waals surface area contributed by atoms with Crippen LogP contribution < -0.4 is 10.6 Å². The highest BCUT2D eigenvalue weighted by atomic mass is 35.5. The van der Waals surface area contributed by atoms with Crippen molar-refractivity contribution in [2.24, 2.45) is 4.99 Å². The highest BCUT2D eigenvalue weighted by Crippen LogP contribution is 2.20. The predicted molar refractivity (Wildman–Crippen MR) is 110 cm³/mol. The molecule has 2 N–H and O–H groups in total. The molecule has 7 nitrogen and oxygen atoms in total. The highest BCUT2D eigenvalue weighted by molar-refractivity contribution is 6.30. The summed E-state index contributed by atoms with van der Waals surface area (Å²) in [6.45, 7) is 1.98. The molecule has 2 aromatic rings. The molecule has 1 saturated carbocycles. The van der Waals surface area contributed by atoms with E-state index in [0.29, 0.717) is 35.3 Å². The van der Waals surface area contributed by atoms with Crippen molar-refractivity contribution < 1.29 is 9.26 Å². The average Bonchev–Trinajstić information content (AvgIpc) is 3.20. The standard InChI is InChI=1S/C20H28ClN5O2/c1-22-20(23-12-5-13-27-17-6-3-2-4-7-17)24-14-18-25-19(26-28-18)15-8-10-16(21)11-9-15/h8-11,17H,2-7,12-14H2,1H3,(H2,22,23,24). The molecule has 1 aliphatic carbocycles. The van der Waals surface area contributed by atoms with Crippen molar-refractivity contribution in [2.75, 3.05) is 20.2 Å². The number of aliphatic imine (C=N–C) groups is 1. The first kappa shape index (κ1) is 20.6. The summed E-state index contributed by atoms with van der Waals surface area (Å²) >= 11 is 5.90. The first-order chi connectivity index (χ1) is 13.7. The van der Waals surface area contributed by atoms with Gasteiger partial charge in [-0.15, -0.1) is 0 Å². The lowest BCUT2D eigenvalue weighted by atomic mass is 9.98. The largest absolute Gasteiger partial charge is 0.378 e. The van der Waals surface area contributed by atoms with Crippen molar-refractivity contribution in [1.29, 1.82) is 0 Å². The van der Waals surface area contributed by atoms with Crippen LogP contribution in [0.1, 0.15) is 44.4 Å². The molecule has 1 fully saturated rings. The monoisotopic (exact) mass is 405 g/mol. The van der Waals surface area contributed by atoms with Gasteiger partial charge in [-0.05, 0) is 43.5 Å². The molecule has 1 aliphatic rings. The van der Waals surface area contributed by atoms with E-state index < -0.39 is 0 Å². The maximum absolute atomic E-state index is 5.94. The van der Waals surface area contributed by atoms with E-state index in [2.05, 4.69) is 25.8 Å². The van der Waals surface area contributed by atoms with Crippen molar-refractivity contribution in [3.05, 3.63) is 35.2 Å². The molecule has 1 heterocycles. The Labute approximate surface area is 170 Å². The van der Waals surface area contributed by atoms with Gasteiger partial charge in [0.2, 0.25) is 11.7 Å². The normalized spacial score (nSPS) is 15.6. The van der Waals surface area contributed by atoms with Gasteiger partial charge in [-0.2, -0.15) is 4.98 Å². The molecular formula is C20H28ClN5O2. The van der Waals surface area contributed by atoms with Gasteiger partial charge in [0.1, 0.15) is 0 Å². The number of guanidine groups is 1. The number of ether oxygens (including phenoxy) is 1. The van der Waals surface area contributed by atoms with E-state index in [0.717, 1.165) is 25.1 Å². The van der Waals surface area contributed by atoms with E-state index >= 15 is 0 Å². The Kier molecular flexibility index (Phi) is 8.11. The quantitative estimate of drug-likeness (QED) is 0.395.